The minimum atomic E-state index is -1.48. The molecule has 1 aliphatic heterocycles. The third-order valence-electron chi connectivity index (χ3n) is 7.10. The van der Waals surface area contributed by atoms with E-state index >= 15 is 4.39 Å². The molecule has 1 N–H and O–H groups in total. The van der Waals surface area contributed by atoms with Crippen molar-refractivity contribution in [3.05, 3.63) is 81.8 Å². The van der Waals surface area contributed by atoms with Crippen LogP contribution in [-0.4, -0.2) is 32.8 Å². The largest absolute Gasteiger partial charge is 0.490 e. The zero-order valence-electron chi connectivity index (χ0n) is 22.7. The molecule has 1 atom stereocenters. The summed E-state index contributed by atoms with van der Waals surface area (Å²) < 4.78 is 28.5. The molecular weight excluding hydrogens is 499 g/mol. The molecule has 0 fully saturated rings. The van der Waals surface area contributed by atoms with Crippen molar-refractivity contribution in [2.45, 2.75) is 52.2 Å². The van der Waals surface area contributed by atoms with Crippen LogP contribution in [0.5, 0.6) is 5.75 Å². The van der Waals surface area contributed by atoms with Crippen LogP contribution in [0.4, 0.5) is 4.39 Å². The quantitative estimate of drug-likeness (QED) is 0.341. The maximum Gasteiger partial charge on any atom is 0.339 e. The van der Waals surface area contributed by atoms with Gasteiger partial charge < -0.3 is 19.1 Å². The smallest absolute Gasteiger partial charge is 0.339 e. The molecule has 202 valence electrons. The van der Waals surface area contributed by atoms with Gasteiger partial charge in [-0.05, 0) is 92.4 Å². The van der Waals surface area contributed by atoms with Crippen LogP contribution >= 0.6 is 0 Å². The number of hydrogen-bond donors (Lipinski definition) is 1. The fourth-order valence-electron chi connectivity index (χ4n) is 5.34. The van der Waals surface area contributed by atoms with Crippen molar-refractivity contribution >= 4 is 16.7 Å². The number of ether oxygens (including phenoxy) is 2. The van der Waals surface area contributed by atoms with Crippen LogP contribution in [0.25, 0.3) is 33.0 Å². The number of carboxylic acid groups (broad SMARTS) is 1. The highest BCUT2D eigenvalue weighted by Gasteiger charge is 2.34. The number of nitrogens with zero attached hydrogens (tertiary/aromatic N) is 2. The Morgan fingerprint density at radius 1 is 1.13 bits per heavy atom. The first-order valence-corrected chi connectivity index (χ1v) is 12.9. The zero-order chi connectivity index (χ0) is 28.1. The number of carboxylic acids is 1. The number of aliphatic carboxylic acids is 1. The van der Waals surface area contributed by atoms with Crippen LogP contribution in [0.3, 0.4) is 0 Å². The standard InChI is InChI=1S/C31H31FN2O5/c1-17-20-7-6-14-38-27(20)24(32)16-22(17)25-21-9-8-19(18-10-12-33-13-11-18)15-23(21)29(35)34(5)26(25)28(30(36)37)39-31(2,3)4/h8-13,15-16,28H,6-7,14H2,1-5H3,(H,36,37)/t28-/m0/s1. The van der Waals surface area contributed by atoms with Gasteiger partial charge in [-0.2, -0.15) is 0 Å². The Kier molecular flexibility index (Phi) is 6.76. The lowest BCUT2D eigenvalue weighted by Gasteiger charge is -2.29. The van der Waals surface area contributed by atoms with E-state index in [4.69, 9.17) is 9.47 Å². The lowest BCUT2D eigenvalue weighted by atomic mass is 9.87. The van der Waals surface area contributed by atoms with Crippen LogP contribution in [0.15, 0.2) is 53.6 Å². The Hall–Kier alpha value is -4.04. The van der Waals surface area contributed by atoms with E-state index in [0.717, 1.165) is 28.7 Å². The molecule has 0 radical (unpaired) electrons. The van der Waals surface area contributed by atoms with Gasteiger partial charge in [0.05, 0.1) is 17.9 Å². The molecular formula is C31H31FN2O5. The third-order valence-corrected chi connectivity index (χ3v) is 7.10. The van der Waals surface area contributed by atoms with Crippen molar-refractivity contribution in [3.63, 3.8) is 0 Å². The molecule has 0 unspecified atom stereocenters. The van der Waals surface area contributed by atoms with Gasteiger partial charge in [0.15, 0.2) is 17.7 Å². The minimum Gasteiger partial charge on any atom is -0.490 e. The molecule has 8 heteroatoms. The van der Waals surface area contributed by atoms with E-state index in [2.05, 4.69) is 4.98 Å². The Balaban J connectivity index is 1.91. The summed E-state index contributed by atoms with van der Waals surface area (Å²) in [6.07, 6.45) is 3.26. The average Bonchev–Trinajstić information content (AvgIpc) is 2.91. The van der Waals surface area contributed by atoms with Gasteiger partial charge in [0.1, 0.15) is 0 Å². The summed E-state index contributed by atoms with van der Waals surface area (Å²) in [6.45, 7) is 7.58. The number of pyridine rings is 2. The lowest BCUT2D eigenvalue weighted by molar-refractivity contribution is -0.161. The summed E-state index contributed by atoms with van der Waals surface area (Å²) in [7, 11) is 1.54. The van der Waals surface area contributed by atoms with Crippen LogP contribution < -0.4 is 10.3 Å². The summed E-state index contributed by atoms with van der Waals surface area (Å²) in [5.41, 5.74) is 3.14. The van der Waals surface area contributed by atoms with Gasteiger partial charge in [-0.1, -0.05) is 12.1 Å². The summed E-state index contributed by atoms with van der Waals surface area (Å²) in [5, 5.41) is 11.2. The normalized spacial score (nSPS) is 14.1. The second-order valence-electron chi connectivity index (χ2n) is 10.9. The molecule has 39 heavy (non-hydrogen) atoms. The molecule has 0 amide bonds. The fraction of sp³-hybridized carbons (Fsp3) is 0.323. The van der Waals surface area contributed by atoms with Gasteiger partial charge in [0.2, 0.25) is 0 Å². The summed E-state index contributed by atoms with van der Waals surface area (Å²) in [6, 6.07) is 10.5. The molecule has 0 saturated heterocycles. The van der Waals surface area contributed by atoms with Crippen molar-refractivity contribution in [2.75, 3.05) is 6.61 Å². The van der Waals surface area contributed by atoms with E-state index in [0.29, 0.717) is 34.9 Å². The Morgan fingerprint density at radius 3 is 2.51 bits per heavy atom. The number of hydrogen-bond acceptors (Lipinski definition) is 5. The van der Waals surface area contributed by atoms with E-state index in [1.807, 2.05) is 25.1 Å². The van der Waals surface area contributed by atoms with E-state index in [9.17, 15) is 14.7 Å². The highest BCUT2D eigenvalue weighted by atomic mass is 19.1. The van der Waals surface area contributed by atoms with Gasteiger partial charge in [-0.15, -0.1) is 0 Å². The van der Waals surface area contributed by atoms with Gasteiger partial charge in [-0.25, -0.2) is 9.18 Å². The number of fused-ring (bicyclic) bond motifs is 2. The van der Waals surface area contributed by atoms with E-state index in [1.54, 1.807) is 45.3 Å². The van der Waals surface area contributed by atoms with Gasteiger partial charge >= 0.3 is 5.97 Å². The Bertz CT molecular complexity index is 1650. The lowest BCUT2D eigenvalue weighted by Crippen LogP contribution is -2.33. The molecule has 0 saturated carbocycles. The summed E-state index contributed by atoms with van der Waals surface area (Å²) in [5.74, 6) is -1.53. The van der Waals surface area contributed by atoms with Gasteiger partial charge in [0.25, 0.3) is 5.56 Å². The number of benzene rings is 2. The number of carbonyl (C=O) groups is 1. The predicted octanol–water partition coefficient (Wildman–Crippen LogP) is 5.98. The van der Waals surface area contributed by atoms with Crippen molar-refractivity contribution < 1.29 is 23.8 Å². The second-order valence-corrected chi connectivity index (χ2v) is 10.9. The first kappa shape index (κ1) is 26.6. The van der Waals surface area contributed by atoms with Crippen molar-refractivity contribution in [2.24, 2.45) is 7.05 Å². The van der Waals surface area contributed by atoms with Crippen LogP contribution in [-0.2, 0) is 23.0 Å². The molecule has 3 heterocycles. The second kappa shape index (κ2) is 9.93. The third kappa shape index (κ3) is 4.81. The van der Waals surface area contributed by atoms with Gasteiger partial charge in [-0.3, -0.25) is 9.78 Å². The van der Waals surface area contributed by atoms with Crippen molar-refractivity contribution in [1.29, 1.82) is 0 Å². The van der Waals surface area contributed by atoms with E-state index in [1.165, 1.54) is 17.7 Å². The molecule has 7 nitrogen and oxygen atoms in total. The Labute approximate surface area is 225 Å². The van der Waals surface area contributed by atoms with E-state index < -0.39 is 23.5 Å². The first-order chi connectivity index (χ1) is 18.5. The molecule has 0 aliphatic carbocycles. The maximum absolute atomic E-state index is 15.5. The Morgan fingerprint density at radius 2 is 1.85 bits per heavy atom. The highest BCUT2D eigenvalue weighted by Crippen LogP contribution is 2.43. The molecule has 1 aliphatic rings. The molecule has 2 aromatic carbocycles. The summed E-state index contributed by atoms with van der Waals surface area (Å²) in [4.78, 5) is 30.5. The minimum absolute atomic E-state index is 0.158. The topological polar surface area (TPSA) is 90.7 Å². The van der Waals surface area contributed by atoms with Crippen LogP contribution in [0.2, 0.25) is 0 Å². The zero-order valence-corrected chi connectivity index (χ0v) is 22.7. The van der Waals surface area contributed by atoms with Gasteiger partial charge in [0, 0.05) is 36.0 Å². The van der Waals surface area contributed by atoms with Crippen LogP contribution in [0.1, 0.15) is 50.1 Å². The predicted molar refractivity (Wildman–Crippen MR) is 148 cm³/mol. The van der Waals surface area contributed by atoms with Crippen LogP contribution in [0, 0.1) is 12.7 Å². The first-order valence-electron chi connectivity index (χ1n) is 12.9. The monoisotopic (exact) mass is 530 g/mol. The maximum atomic E-state index is 15.5. The summed E-state index contributed by atoms with van der Waals surface area (Å²) >= 11 is 0. The highest BCUT2D eigenvalue weighted by molar-refractivity contribution is 6.01. The average molecular weight is 531 g/mol. The van der Waals surface area contributed by atoms with Crippen molar-refractivity contribution in [1.82, 2.24) is 9.55 Å². The number of halogens is 1. The number of aromatic nitrogens is 2. The molecule has 0 bridgehead atoms. The molecule has 5 rings (SSSR count). The SMILES string of the molecule is Cc1c(-c2c([C@H](OC(C)(C)C)C(=O)O)n(C)c(=O)c3cc(-c4ccncc4)ccc23)cc(F)c2c1CCCO2. The molecule has 4 aromatic rings. The molecule has 0 spiro atoms. The van der Waals surface area contributed by atoms with E-state index in [-0.39, 0.29) is 17.0 Å². The molecule has 2 aromatic heterocycles. The van der Waals surface area contributed by atoms with Crippen molar-refractivity contribution in [3.8, 4) is 28.0 Å². The number of rotatable bonds is 5. The fourth-order valence-corrected chi connectivity index (χ4v) is 5.34.